The van der Waals surface area contributed by atoms with Crippen molar-refractivity contribution in [3.05, 3.63) is 52.1 Å². The van der Waals surface area contributed by atoms with Crippen LogP contribution in [0.3, 0.4) is 0 Å². The van der Waals surface area contributed by atoms with Gasteiger partial charge in [-0.05, 0) is 30.5 Å². The first-order valence-electron chi connectivity index (χ1n) is 7.14. The number of aromatic nitrogens is 3. The molecule has 0 atom stereocenters. The molecule has 10 heteroatoms. The average Bonchev–Trinajstić information content (AvgIpc) is 2.91. The highest BCUT2D eigenvalue weighted by Gasteiger charge is 2.33. The maximum atomic E-state index is 12.9. The van der Waals surface area contributed by atoms with E-state index in [4.69, 9.17) is 28.9 Å². The first-order chi connectivity index (χ1) is 12.2. The smallest absolute Gasteiger partial charge is 0.383 e. The van der Waals surface area contributed by atoms with E-state index in [1.807, 2.05) is 0 Å². The second-order valence-corrected chi connectivity index (χ2v) is 6.79. The zero-order valence-electron chi connectivity index (χ0n) is 13.2. The van der Waals surface area contributed by atoms with Crippen molar-refractivity contribution in [2.75, 3.05) is 12.0 Å². The molecule has 0 aliphatic rings. The topological polar surface area (TPSA) is 56.7 Å². The van der Waals surface area contributed by atoms with Crippen LogP contribution in [-0.2, 0) is 6.18 Å². The Morgan fingerprint density at radius 2 is 1.81 bits per heavy atom. The monoisotopic (exact) mass is 418 g/mol. The van der Waals surface area contributed by atoms with E-state index in [1.54, 1.807) is 30.7 Å². The van der Waals surface area contributed by atoms with Crippen LogP contribution in [-0.4, -0.2) is 21.0 Å². The number of nitrogens with zero attached hydrogens (tertiary/aromatic N) is 3. The number of nitrogen functional groups attached to an aromatic ring is 1. The van der Waals surface area contributed by atoms with Crippen LogP contribution in [0.2, 0.25) is 10.0 Å². The normalized spacial score (nSPS) is 11.8. The van der Waals surface area contributed by atoms with Gasteiger partial charge in [0.15, 0.2) is 0 Å². The van der Waals surface area contributed by atoms with Gasteiger partial charge in [0.2, 0.25) is 0 Å². The van der Waals surface area contributed by atoms with Crippen molar-refractivity contribution in [2.24, 2.45) is 0 Å². The summed E-state index contributed by atoms with van der Waals surface area (Å²) in [4.78, 5) is 4.26. The zero-order chi connectivity index (χ0) is 19.1. The van der Waals surface area contributed by atoms with Gasteiger partial charge in [-0.2, -0.15) is 18.3 Å². The van der Waals surface area contributed by atoms with E-state index in [9.17, 15) is 13.2 Å². The summed E-state index contributed by atoms with van der Waals surface area (Å²) in [5.74, 6) is 0.177. The molecule has 0 aliphatic carbocycles. The van der Waals surface area contributed by atoms with E-state index in [2.05, 4.69) is 10.1 Å². The Hall–Kier alpha value is -1.90. The van der Waals surface area contributed by atoms with E-state index < -0.39 is 11.7 Å². The van der Waals surface area contributed by atoms with Gasteiger partial charge in [-0.15, -0.1) is 11.8 Å². The minimum absolute atomic E-state index is 0.0799. The molecule has 0 bridgehead atoms. The highest BCUT2D eigenvalue weighted by Crippen LogP contribution is 2.41. The Balaban J connectivity index is 2.22. The Morgan fingerprint density at radius 1 is 1.15 bits per heavy atom. The molecule has 0 amide bonds. The van der Waals surface area contributed by atoms with Gasteiger partial charge < -0.3 is 5.73 Å². The Labute approximate surface area is 161 Å². The first-order valence-corrected chi connectivity index (χ1v) is 9.12. The van der Waals surface area contributed by atoms with Crippen LogP contribution in [0.15, 0.2) is 41.6 Å². The number of anilines is 1. The molecule has 4 nitrogen and oxygen atoms in total. The number of nitrogens with two attached hydrogens (primary N) is 1. The summed E-state index contributed by atoms with van der Waals surface area (Å²) < 4.78 is 40.0. The molecule has 2 N–H and O–H groups in total. The average molecular weight is 419 g/mol. The molecule has 3 rings (SSSR count). The number of benzene rings is 1. The quantitative estimate of drug-likeness (QED) is 0.565. The number of rotatable bonds is 3. The van der Waals surface area contributed by atoms with E-state index in [1.165, 1.54) is 16.4 Å². The molecule has 0 fully saturated rings. The van der Waals surface area contributed by atoms with Crippen LogP contribution in [0.5, 0.6) is 0 Å². The van der Waals surface area contributed by atoms with Gasteiger partial charge in [0.05, 0.1) is 26.9 Å². The molecular weight excluding hydrogens is 408 g/mol. The molecule has 0 saturated heterocycles. The summed E-state index contributed by atoms with van der Waals surface area (Å²) in [5.41, 5.74) is 6.49. The number of thioether (sulfide) groups is 1. The molecule has 0 spiro atoms. The number of hydrogen-bond acceptors (Lipinski definition) is 4. The maximum absolute atomic E-state index is 12.9. The number of hydrogen-bond donors (Lipinski definition) is 1. The molecule has 0 saturated carbocycles. The summed E-state index contributed by atoms with van der Waals surface area (Å²) in [6.07, 6.45) is -1.16. The van der Waals surface area contributed by atoms with Gasteiger partial charge in [0, 0.05) is 6.20 Å². The summed E-state index contributed by atoms with van der Waals surface area (Å²) in [6, 6.07) is 6.90. The molecule has 0 radical (unpaired) electrons. The third-order valence-corrected chi connectivity index (χ3v) is 4.81. The predicted octanol–water partition coefficient (Wildman–Crippen LogP) is 5.56. The first kappa shape index (κ1) is 18.9. The van der Waals surface area contributed by atoms with Gasteiger partial charge in [0.1, 0.15) is 16.5 Å². The van der Waals surface area contributed by atoms with Gasteiger partial charge in [-0.25, -0.2) is 4.68 Å². The summed E-state index contributed by atoms with van der Waals surface area (Å²) >= 11 is 13.5. The van der Waals surface area contributed by atoms with Gasteiger partial charge >= 0.3 is 6.18 Å². The molecular formula is C16H11Cl2F3N4S. The van der Waals surface area contributed by atoms with Crippen LogP contribution in [0.4, 0.5) is 19.0 Å². The van der Waals surface area contributed by atoms with Crippen LogP contribution in [0, 0.1) is 0 Å². The molecule has 2 heterocycles. The van der Waals surface area contributed by atoms with Gasteiger partial charge in [-0.1, -0.05) is 29.3 Å². The Bertz CT molecular complexity index is 935. The van der Waals surface area contributed by atoms with E-state index in [-0.39, 0.29) is 21.6 Å². The fourth-order valence-electron chi connectivity index (χ4n) is 2.41. The van der Waals surface area contributed by atoms with Crippen molar-refractivity contribution in [3.63, 3.8) is 0 Å². The largest absolute Gasteiger partial charge is 0.416 e. The van der Waals surface area contributed by atoms with Crippen molar-refractivity contribution >= 4 is 40.8 Å². The summed E-state index contributed by atoms with van der Waals surface area (Å²) in [5, 5.41) is 4.48. The molecule has 136 valence electrons. The Morgan fingerprint density at radius 3 is 2.31 bits per heavy atom. The lowest BCUT2D eigenvalue weighted by molar-refractivity contribution is -0.137. The number of alkyl halides is 3. The van der Waals surface area contributed by atoms with Crippen molar-refractivity contribution in [2.45, 2.75) is 11.2 Å². The molecule has 3 aromatic rings. The number of pyridine rings is 1. The minimum atomic E-state index is -4.56. The Kier molecular flexibility index (Phi) is 5.09. The lowest BCUT2D eigenvalue weighted by Gasteiger charge is -2.13. The molecule has 26 heavy (non-hydrogen) atoms. The molecule has 0 aliphatic heterocycles. The lowest BCUT2D eigenvalue weighted by Crippen LogP contribution is -2.08. The SMILES string of the molecule is CSc1nn(-c2c(Cl)cc(C(F)(F)F)cc2Cl)c(N)c1-c1ccccn1. The highest BCUT2D eigenvalue weighted by molar-refractivity contribution is 7.98. The molecule has 0 unspecified atom stereocenters. The second-order valence-electron chi connectivity index (χ2n) is 5.18. The molecule has 1 aromatic carbocycles. The highest BCUT2D eigenvalue weighted by atomic mass is 35.5. The second kappa shape index (κ2) is 7.02. The molecule has 2 aromatic heterocycles. The third kappa shape index (κ3) is 3.36. The van der Waals surface area contributed by atoms with Crippen LogP contribution in [0.25, 0.3) is 16.9 Å². The standard InChI is InChI=1S/C16H11Cl2F3N4S/c1-26-15-12(11-4-2-3-5-23-11)14(22)25(24-15)13-9(17)6-8(7-10(13)18)16(19,20)21/h2-7H,22H2,1H3. The summed E-state index contributed by atoms with van der Waals surface area (Å²) in [6.45, 7) is 0. The van der Waals surface area contributed by atoms with Crippen molar-refractivity contribution in [1.82, 2.24) is 14.8 Å². The lowest BCUT2D eigenvalue weighted by atomic mass is 10.2. The van der Waals surface area contributed by atoms with E-state index in [0.29, 0.717) is 16.3 Å². The van der Waals surface area contributed by atoms with Crippen LogP contribution >= 0.6 is 35.0 Å². The maximum Gasteiger partial charge on any atom is 0.416 e. The van der Waals surface area contributed by atoms with Gasteiger partial charge in [-0.3, -0.25) is 4.98 Å². The number of halogens is 5. The van der Waals surface area contributed by atoms with Gasteiger partial charge in [0.25, 0.3) is 0 Å². The van der Waals surface area contributed by atoms with E-state index >= 15 is 0 Å². The van der Waals surface area contributed by atoms with E-state index in [0.717, 1.165) is 12.1 Å². The third-order valence-electron chi connectivity index (χ3n) is 3.56. The van der Waals surface area contributed by atoms with Crippen molar-refractivity contribution in [3.8, 4) is 16.9 Å². The minimum Gasteiger partial charge on any atom is -0.383 e. The van der Waals surface area contributed by atoms with Crippen LogP contribution in [0.1, 0.15) is 5.56 Å². The van der Waals surface area contributed by atoms with Crippen LogP contribution < -0.4 is 5.73 Å². The zero-order valence-corrected chi connectivity index (χ0v) is 15.5. The fourth-order valence-corrected chi connectivity index (χ4v) is 3.63. The summed E-state index contributed by atoms with van der Waals surface area (Å²) in [7, 11) is 0. The fraction of sp³-hybridized carbons (Fsp3) is 0.125. The van der Waals surface area contributed by atoms with Crippen molar-refractivity contribution in [1.29, 1.82) is 0 Å². The predicted molar refractivity (Wildman–Crippen MR) is 98.0 cm³/mol. The van der Waals surface area contributed by atoms with Crippen molar-refractivity contribution < 1.29 is 13.2 Å².